The topological polar surface area (TPSA) is 96.0 Å². The third-order valence-electron chi connectivity index (χ3n) is 7.81. The lowest BCUT2D eigenvalue weighted by Crippen LogP contribution is -2.53. The second-order valence-electron chi connectivity index (χ2n) is 10.8. The van der Waals surface area contributed by atoms with Crippen LogP contribution in [-0.2, 0) is 26.2 Å². The summed E-state index contributed by atoms with van der Waals surface area (Å²) in [4.78, 5) is 29.1. The summed E-state index contributed by atoms with van der Waals surface area (Å²) in [6.45, 7) is 5.63. The molecule has 0 radical (unpaired) electrons. The first-order valence-electron chi connectivity index (χ1n) is 14.8. The van der Waals surface area contributed by atoms with Gasteiger partial charge < -0.3 is 15.0 Å². The smallest absolute Gasteiger partial charge is 0.264 e. The van der Waals surface area contributed by atoms with Crippen LogP contribution in [-0.4, -0.2) is 50.4 Å². The van der Waals surface area contributed by atoms with Gasteiger partial charge in [0.1, 0.15) is 24.2 Å². The van der Waals surface area contributed by atoms with Crippen LogP contribution in [0.15, 0.2) is 77.7 Å². The Kier molecular flexibility index (Phi) is 10.8. The van der Waals surface area contributed by atoms with Gasteiger partial charge in [-0.25, -0.2) is 12.8 Å². The number of carbonyl (C=O) groups is 2. The first-order chi connectivity index (χ1) is 20.6. The lowest BCUT2D eigenvalue weighted by Gasteiger charge is -2.34. The number of sulfonamides is 1. The molecule has 2 amide bonds. The number of halogens is 1. The SMILES string of the molecule is CCOc1ccc(N(CC(=O)N(Cc2ccccc2C)[C@@H](CC)C(=O)NC2CCCC2)S(=O)(=O)c2ccc(F)cc2)cc1. The molecule has 0 unspecified atom stereocenters. The van der Waals surface area contributed by atoms with Crippen LogP contribution in [0, 0.1) is 12.7 Å². The largest absolute Gasteiger partial charge is 0.494 e. The highest BCUT2D eigenvalue weighted by Gasteiger charge is 2.34. The Labute approximate surface area is 253 Å². The van der Waals surface area contributed by atoms with E-state index in [0.717, 1.165) is 53.2 Å². The third kappa shape index (κ3) is 7.93. The standard InChI is InChI=1S/C33H40FN3O5S/c1-4-31(33(39)35-27-12-8-9-13-27)36(22-25-11-7-6-10-24(25)3)32(38)23-37(28-16-18-29(19-17-28)42-5-2)43(40,41)30-20-14-26(34)15-21-30/h6-7,10-11,14-21,27,31H,4-5,8-9,12-13,22-23H2,1-3H3,(H,35,39)/t31-/m0/s1. The minimum Gasteiger partial charge on any atom is -0.494 e. The summed E-state index contributed by atoms with van der Waals surface area (Å²) >= 11 is 0. The highest BCUT2D eigenvalue weighted by atomic mass is 32.2. The summed E-state index contributed by atoms with van der Waals surface area (Å²) in [5.74, 6) is -0.805. The van der Waals surface area contributed by atoms with Gasteiger partial charge in [-0.15, -0.1) is 0 Å². The van der Waals surface area contributed by atoms with Crippen LogP contribution < -0.4 is 14.4 Å². The van der Waals surface area contributed by atoms with Crippen LogP contribution in [0.1, 0.15) is 57.1 Å². The number of nitrogens with zero attached hydrogens (tertiary/aromatic N) is 2. The normalized spacial score (nSPS) is 14.2. The van der Waals surface area contributed by atoms with E-state index in [9.17, 15) is 22.4 Å². The van der Waals surface area contributed by atoms with Crippen LogP contribution in [0.3, 0.4) is 0 Å². The molecule has 0 aromatic heterocycles. The molecule has 1 atom stereocenters. The fraction of sp³-hybridized carbons (Fsp3) is 0.394. The molecule has 10 heteroatoms. The molecule has 0 heterocycles. The molecule has 1 saturated carbocycles. The van der Waals surface area contributed by atoms with Gasteiger partial charge in [-0.05, 0) is 92.8 Å². The molecule has 1 aliphatic rings. The number of hydrogen-bond acceptors (Lipinski definition) is 5. The number of ether oxygens (including phenoxy) is 1. The van der Waals surface area contributed by atoms with Gasteiger partial charge >= 0.3 is 0 Å². The highest BCUT2D eigenvalue weighted by molar-refractivity contribution is 7.92. The van der Waals surface area contributed by atoms with Gasteiger partial charge in [-0.2, -0.15) is 0 Å². The fourth-order valence-electron chi connectivity index (χ4n) is 5.40. The zero-order valence-electron chi connectivity index (χ0n) is 25.0. The van der Waals surface area contributed by atoms with E-state index in [4.69, 9.17) is 4.74 Å². The highest BCUT2D eigenvalue weighted by Crippen LogP contribution is 2.27. The van der Waals surface area contributed by atoms with Crippen molar-refractivity contribution in [3.8, 4) is 5.75 Å². The molecule has 230 valence electrons. The number of nitrogens with one attached hydrogen (secondary N) is 1. The van der Waals surface area contributed by atoms with Crippen LogP contribution in [0.5, 0.6) is 5.75 Å². The molecule has 1 N–H and O–H groups in total. The van der Waals surface area contributed by atoms with Crippen LogP contribution in [0.2, 0.25) is 0 Å². The maximum Gasteiger partial charge on any atom is 0.264 e. The summed E-state index contributed by atoms with van der Waals surface area (Å²) in [7, 11) is -4.30. The van der Waals surface area contributed by atoms with Gasteiger partial charge in [-0.1, -0.05) is 44.0 Å². The molecule has 43 heavy (non-hydrogen) atoms. The zero-order valence-corrected chi connectivity index (χ0v) is 25.8. The summed E-state index contributed by atoms with van der Waals surface area (Å²) in [5, 5.41) is 3.12. The minimum atomic E-state index is -4.30. The average Bonchev–Trinajstić information content (AvgIpc) is 3.50. The van der Waals surface area contributed by atoms with Crippen molar-refractivity contribution in [3.63, 3.8) is 0 Å². The van der Waals surface area contributed by atoms with E-state index in [-0.39, 0.29) is 29.1 Å². The van der Waals surface area contributed by atoms with Crippen LogP contribution >= 0.6 is 0 Å². The number of amides is 2. The lowest BCUT2D eigenvalue weighted by atomic mass is 10.1. The predicted octanol–water partition coefficient (Wildman–Crippen LogP) is 5.59. The summed E-state index contributed by atoms with van der Waals surface area (Å²) < 4.78 is 48.1. The van der Waals surface area contributed by atoms with Crippen molar-refractivity contribution in [2.75, 3.05) is 17.5 Å². The van der Waals surface area contributed by atoms with Gasteiger partial charge in [0.05, 0.1) is 17.2 Å². The van der Waals surface area contributed by atoms with Crippen molar-refractivity contribution in [1.29, 1.82) is 0 Å². The maximum absolute atomic E-state index is 14.2. The van der Waals surface area contributed by atoms with Gasteiger partial charge in [-0.3, -0.25) is 13.9 Å². The molecule has 1 aliphatic carbocycles. The maximum atomic E-state index is 14.2. The molecule has 3 aromatic carbocycles. The Morgan fingerprint density at radius 3 is 2.23 bits per heavy atom. The first kappa shape index (κ1) is 32.0. The van der Waals surface area contributed by atoms with Crippen molar-refractivity contribution in [2.24, 2.45) is 0 Å². The van der Waals surface area contributed by atoms with E-state index in [2.05, 4.69) is 5.32 Å². The third-order valence-corrected chi connectivity index (χ3v) is 9.59. The molecule has 0 spiro atoms. The van der Waals surface area contributed by atoms with Crippen molar-refractivity contribution >= 4 is 27.5 Å². The van der Waals surface area contributed by atoms with Crippen molar-refractivity contribution < 1.29 is 27.1 Å². The zero-order chi connectivity index (χ0) is 31.0. The Morgan fingerprint density at radius 2 is 1.63 bits per heavy atom. The second-order valence-corrected chi connectivity index (χ2v) is 12.6. The van der Waals surface area contributed by atoms with E-state index in [1.54, 1.807) is 24.3 Å². The van der Waals surface area contributed by atoms with Gasteiger partial charge in [0.25, 0.3) is 10.0 Å². The molecule has 0 aliphatic heterocycles. The van der Waals surface area contributed by atoms with Gasteiger partial charge in [0, 0.05) is 12.6 Å². The van der Waals surface area contributed by atoms with Crippen molar-refractivity contribution in [3.05, 3.63) is 89.7 Å². The van der Waals surface area contributed by atoms with E-state index >= 15 is 0 Å². The predicted molar refractivity (Wildman–Crippen MR) is 165 cm³/mol. The van der Waals surface area contributed by atoms with Crippen LogP contribution in [0.25, 0.3) is 0 Å². The van der Waals surface area contributed by atoms with Crippen molar-refractivity contribution in [1.82, 2.24) is 10.2 Å². The summed E-state index contributed by atoms with van der Waals surface area (Å²) in [5.41, 5.74) is 2.05. The Hall–Kier alpha value is -3.92. The number of carbonyl (C=O) groups excluding carboxylic acids is 2. The number of anilines is 1. The Morgan fingerprint density at radius 1 is 0.977 bits per heavy atom. The average molecular weight is 610 g/mol. The minimum absolute atomic E-state index is 0.0659. The second kappa shape index (κ2) is 14.5. The number of benzene rings is 3. The van der Waals surface area contributed by atoms with Crippen molar-refractivity contribution in [2.45, 2.75) is 76.4 Å². The van der Waals surface area contributed by atoms with Gasteiger partial charge in [0.15, 0.2) is 0 Å². The quantitative estimate of drug-likeness (QED) is 0.273. The monoisotopic (exact) mass is 609 g/mol. The van der Waals surface area contributed by atoms with Crippen LogP contribution in [0.4, 0.5) is 10.1 Å². The van der Waals surface area contributed by atoms with E-state index in [1.165, 1.54) is 17.0 Å². The number of aryl methyl sites for hydroxylation is 1. The van der Waals surface area contributed by atoms with E-state index < -0.39 is 34.3 Å². The molecular weight excluding hydrogens is 569 g/mol. The Balaban J connectivity index is 1.72. The molecule has 0 bridgehead atoms. The van der Waals surface area contributed by atoms with Gasteiger partial charge in [0.2, 0.25) is 11.8 Å². The molecular formula is C33H40FN3O5S. The molecule has 0 saturated heterocycles. The molecule has 4 rings (SSSR count). The number of rotatable bonds is 13. The number of hydrogen-bond donors (Lipinski definition) is 1. The molecule has 1 fully saturated rings. The molecule has 3 aromatic rings. The van der Waals surface area contributed by atoms with E-state index in [1.807, 2.05) is 45.0 Å². The summed E-state index contributed by atoms with van der Waals surface area (Å²) in [6, 6.07) is 17.7. The molecule has 8 nitrogen and oxygen atoms in total. The summed E-state index contributed by atoms with van der Waals surface area (Å²) in [6.07, 6.45) is 4.24. The first-order valence-corrected chi connectivity index (χ1v) is 16.2. The fourth-order valence-corrected chi connectivity index (χ4v) is 6.81. The van der Waals surface area contributed by atoms with E-state index in [0.29, 0.717) is 18.8 Å². The lowest BCUT2D eigenvalue weighted by molar-refractivity contribution is -0.140. The Bertz CT molecular complexity index is 1490.